The van der Waals surface area contributed by atoms with E-state index < -0.39 is 21.8 Å². The van der Waals surface area contributed by atoms with Crippen LogP contribution in [0.5, 0.6) is 0 Å². The number of hydrogen-bond acceptors (Lipinski definition) is 6. The van der Waals surface area contributed by atoms with Crippen LogP contribution in [0.3, 0.4) is 0 Å². The Bertz CT molecular complexity index is 1360. The minimum atomic E-state index is -4.45. The molecule has 172 valence electrons. The van der Waals surface area contributed by atoms with E-state index in [9.17, 15) is 21.6 Å². The van der Waals surface area contributed by atoms with E-state index in [2.05, 4.69) is 10.1 Å². The van der Waals surface area contributed by atoms with Crippen molar-refractivity contribution in [3.63, 3.8) is 0 Å². The number of aromatic nitrogens is 2. The molecule has 0 saturated heterocycles. The summed E-state index contributed by atoms with van der Waals surface area (Å²) in [5, 5.41) is 5.41. The fourth-order valence-electron chi connectivity index (χ4n) is 3.13. The Morgan fingerprint density at radius 2 is 1.70 bits per heavy atom. The van der Waals surface area contributed by atoms with E-state index in [0.717, 1.165) is 35.5 Å². The number of hydrogen-bond donors (Lipinski definition) is 0. The summed E-state index contributed by atoms with van der Waals surface area (Å²) in [6.45, 7) is 2.01. The first-order chi connectivity index (χ1) is 15.6. The molecule has 0 saturated carbocycles. The predicted molar refractivity (Wildman–Crippen MR) is 119 cm³/mol. The highest BCUT2D eigenvalue weighted by Crippen LogP contribution is 2.36. The van der Waals surface area contributed by atoms with Crippen molar-refractivity contribution < 1.29 is 26.1 Å². The van der Waals surface area contributed by atoms with Crippen molar-refractivity contribution in [1.82, 2.24) is 10.1 Å². The smallest absolute Gasteiger partial charge is 0.333 e. The zero-order chi connectivity index (χ0) is 23.8. The molecule has 0 spiro atoms. The van der Waals surface area contributed by atoms with Gasteiger partial charge in [0.15, 0.2) is 0 Å². The fraction of sp³-hybridized carbons (Fsp3) is 0.182. The summed E-state index contributed by atoms with van der Waals surface area (Å²) in [7, 11) is -2.48. The SMILES string of the molecule is CCc1ccc(N(C)S(=O)(=O)c2ccsc2-c2nc(-c3ccc(C(F)(F)F)cc3)no2)cc1. The highest BCUT2D eigenvalue weighted by Gasteiger charge is 2.31. The third kappa shape index (κ3) is 4.51. The number of alkyl halides is 3. The van der Waals surface area contributed by atoms with Gasteiger partial charge in [-0.3, -0.25) is 4.31 Å². The van der Waals surface area contributed by atoms with E-state index in [4.69, 9.17) is 4.52 Å². The lowest BCUT2D eigenvalue weighted by molar-refractivity contribution is -0.137. The van der Waals surface area contributed by atoms with Gasteiger partial charge in [-0.25, -0.2) is 8.42 Å². The Balaban J connectivity index is 1.64. The van der Waals surface area contributed by atoms with Crippen molar-refractivity contribution in [3.8, 4) is 22.2 Å². The number of thiophene rings is 1. The van der Waals surface area contributed by atoms with Gasteiger partial charge in [0.25, 0.3) is 15.9 Å². The molecule has 0 N–H and O–H groups in total. The first-order valence-corrected chi connectivity index (χ1v) is 12.1. The Kier molecular flexibility index (Phi) is 6.02. The Labute approximate surface area is 192 Å². The highest BCUT2D eigenvalue weighted by molar-refractivity contribution is 7.93. The van der Waals surface area contributed by atoms with Crippen LogP contribution < -0.4 is 4.31 Å². The molecular formula is C22H18F3N3O3S2. The van der Waals surface area contributed by atoms with Crippen LogP contribution in [0, 0.1) is 0 Å². The number of sulfonamides is 1. The van der Waals surface area contributed by atoms with E-state index in [1.165, 1.54) is 29.6 Å². The fourth-order valence-corrected chi connectivity index (χ4v) is 5.64. The molecule has 0 amide bonds. The van der Waals surface area contributed by atoms with Crippen molar-refractivity contribution in [2.45, 2.75) is 24.4 Å². The Morgan fingerprint density at radius 1 is 1.03 bits per heavy atom. The van der Waals surface area contributed by atoms with Gasteiger partial charge in [-0.05, 0) is 47.7 Å². The normalized spacial score (nSPS) is 12.2. The van der Waals surface area contributed by atoms with Gasteiger partial charge in [0.1, 0.15) is 9.77 Å². The predicted octanol–water partition coefficient (Wildman–Crippen LogP) is 5.87. The molecule has 11 heteroatoms. The molecule has 0 fully saturated rings. The average Bonchev–Trinajstić information content (AvgIpc) is 3.48. The minimum absolute atomic E-state index is 0.00260. The summed E-state index contributed by atoms with van der Waals surface area (Å²) < 4.78 is 71.4. The number of anilines is 1. The van der Waals surface area contributed by atoms with Crippen LogP contribution in [0.2, 0.25) is 0 Å². The maximum Gasteiger partial charge on any atom is 0.416 e. The van der Waals surface area contributed by atoms with Crippen molar-refractivity contribution in [2.24, 2.45) is 0 Å². The summed E-state index contributed by atoms with van der Waals surface area (Å²) >= 11 is 1.11. The zero-order valence-corrected chi connectivity index (χ0v) is 19.1. The largest absolute Gasteiger partial charge is 0.416 e. The van der Waals surface area contributed by atoms with Gasteiger partial charge in [0, 0.05) is 12.6 Å². The second-order valence-corrected chi connectivity index (χ2v) is 9.96. The second kappa shape index (κ2) is 8.64. The van der Waals surface area contributed by atoms with E-state index in [0.29, 0.717) is 11.3 Å². The summed E-state index contributed by atoms with van der Waals surface area (Å²) in [5.41, 5.74) is 1.10. The average molecular weight is 494 g/mol. The molecule has 2 aromatic carbocycles. The molecule has 0 unspecified atom stereocenters. The minimum Gasteiger partial charge on any atom is -0.333 e. The van der Waals surface area contributed by atoms with Gasteiger partial charge in [-0.1, -0.05) is 36.3 Å². The molecule has 2 heterocycles. The quantitative estimate of drug-likeness (QED) is 0.336. The summed E-state index contributed by atoms with van der Waals surface area (Å²) in [6.07, 6.45) is -3.62. The van der Waals surface area contributed by atoms with Gasteiger partial charge >= 0.3 is 6.18 Å². The summed E-state index contributed by atoms with van der Waals surface area (Å²) in [5.74, 6) is 0.0205. The first kappa shape index (κ1) is 23.0. The molecule has 4 rings (SSSR count). The molecule has 6 nitrogen and oxygen atoms in total. The van der Waals surface area contributed by atoms with Crippen LogP contribution in [-0.4, -0.2) is 25.6 Å². The lowest BCUT2D eigenvalue weighted by Crippen LogP contribution is -2.26. The van der Waals surface area contributed by atoms with E-state index in [1.807, 2.05) is 19.1 Å². The second-order valence-electron chi connectivity index (χ2n) is 7.10. The van der Waals surface area contributed by atoms with Gasteiger partial charge in [0.05, 0.1) is 11.3 Å². The molecule has 33 heavy (non-hydrogen) atoms. The summed E-state index contributed by atoms with van der Waals surface area (Å²) in [6, 6.07) is 13.0. The van der Waals surface area contributed by atoms with Gasteiger partial charge < -0.3 is 4.52 Å². The topological polar surface area (TPSA) is 76.3 Å². The van der Waals surface area contributed by atoms with Crippen molar-refractivity contribution in [1.29, 1.82) is 0 Å². The molecule has 0 aliphatic rings. The van der Waals surface area contributed by atoms with Gasteiger partial charge in [-0.2, -0.15) is 18.2 Å². The number of aryl methyl sites for hydroxylation is 1. The van der Waals surface area contributed by atoms with E-state index in [1.54, 1.807) is 17.5 Å². The van der Waals surface area contributed by atoms with Gasteiger partial charge in [0.2, 0.25) is 5.82 Å². The van der Waals surface area contributed by atoms with Crippen LogP contribution in [-0.2, 0) is 22.6 Å². The molecule has 2 aromatic heterocycles. The number of benzene rings is 2. The van der Waals surface area contributed by atoms with Crippen molar-refractivity contribution in [2.75, 3.05) is 11.4 Å². The van der Waals surface area contributed by atoms with Crippen molar-refractivity contribution >= 4 is 27.0 Å². The lowest BCUT2D eigenvalue weighted by atomic mass is 10.1. The Morgan fingerprint density at radius 3 is 2.30 bits per heavy atom. The molecule has 0 atom stereocenters. The highest BCUT2D eigenvalue weighted by atomic mass is 32.2. The van der Waals surface area contributed by atoms with Gasteiger partial charge in [-0.15, -0.1) is 11.3 Å². The lowest BCUT2D eigenvalue weighted by Gasteiger charge is -2.19. The number of rotatable bonds is 6. The van der Waals surface area contributed by atoms with Crippen LogP contribution in [0.25, 0.3) is 22.2 Å². The standard InChI is InChI=1S/C22H18F3N3O3S2/c1-3-14-4-10-17(11-5-14)28(2)33(29,30)18-12-13-32-19(18)21-26-20(27-31-21)15-6-8-16(9-7-15)22(23,24)25/h4-13H,3H2,1-2H3. The molecule has 0 aliphatic heterocycles. The molecule has 0 radical (unpaired) electrons. The zero-order valence-electron chi connectivity index (χ0n) is 17.5. The van der Waals surface area contributed by atoms with Crippen molar-refractivity contribution in [3.05, 3.63) is 71.1 Å². The summed E-state index contributed by atoms with van der Waals surface area (Å²) in [4.78, 5) is 4.46. The van der Waals surface area contributed by atoms with Crippen LogP contribution in [0.4, 0.5) is 18.9 Å². The number of halogens is 3. The third-order valence-electron chi connectivity index (χ3n) is 5.07. The molecular weight excluding hydrogens is 475 g/mol. The third-order valence-corrected chi connectivity index (χ3v) is 7.93. The molecule has 0 bridgehead atoms. The maximum absolute atomic E-state index is 13.3. The monoisotopic (exact) mass is 493 g/mol. The van der Waals surface area contributed by atoms with Crippen LogP contribution >= 0.6 is 11.3 Å². The Hall–Kier alpha value is -3.18. The van der Waals surface area contributed by atoms with E-state index in [-0.39, 0.29) is 21.5 Å². The van der Waals surface area contributed by atoms with Crippen LogP contribution in [0.15, 0.2) is 69.4 Å². The van der Waals surface area contributed by atoms with E-state index >= 15 is 0 Å². The first-order valence-electron chi connectivity index (χ1n) is 9.78. The maximum atomic E-state index is 13.3. The number of nitrogens with zero attached hydrogens (tertiary/aromatic N) is 3. The molecule has 4 aromatic rings. The van der Waals surface area contributed by atoms with Crippen LogP contribution in [0.1, 0.15) is 18.1 Å². The molecule has 0 aliphatic carbocycles.